The van der Waals surface area contributed by atoms with Gasteiger partial charge in [0.15, 0.2) is 0 Å². The second-order valence-electron chi connectivity index (χ2n) is 4.90. The van der Waals surface area contributed by atoms with E-state index in [-0.39, 0.29) is 6.03 Å². The van der Waals surface area contributed by atoms with Gasteiger partial charge >= 0.3 is 6.03 Å². The Morgan fingerprint density at radius 1 is 1.33 bits per heavy atom. The molecule has 1 aliphatic rings. The normalized spacial score (nSPS) is 18.3. The molecule has 0 aromatic carbocycles. The van der Waals surface area contributed by atoms with Crippen LogP contribution in [0.1, 0.15) is 37.9 Å². The molecule has 18 heavy (non-hydrogen) atoms. The highest BCUT2D eigenvalue weighted by Gasteiger charge is 2.29. The second-order valence-corrected chi connectivity index (χ2v) is 4.90. The summed E-state index contributed by atoms with van der Waals surface area (Å²) in [4.78, 5) is 11.5. The van der Waals surface area contributed by atoms with E-state index in [1.165, 1.54) is 6.42 Å². The first-order valence-electron chi connectivity index (χ1n) is 6.44. The maximum atomic E-state index is 11.5. The van der Waals surface area contributed by atoms with Gasteiger partial charge in [-0.3, -0.25) is 0 Å². The molecule has 1 aliphatic carbocycles. The molecular formula is C13H20N2O3. The molecule has 1 fully saturated rings. The molecule has 3 N–H and O–H groups in total. The molecule has 1 aromatic heterocycles. The molecule has 2 amide bonds. The first-order valence-corrected chi connectivity index (χ1v) is 6.44. The summed E-state index contributed by atoms with van der Waals surface area (Å²) in [5.74, 6) is 0.710. The molecular weight excluding hydrogens is 232 g/mol. The van der Waals surface area contributed by atoms with Crippen LogP contribution in [0.4, 0.5) is 4.79 Å². The smallest absolute Gasteiger partial charge is 0.315 e. The number of urea groups is 1. The minimum absolute atomic E-state index is 0.273. The molecule has 0 aliphatic heterocycles. The van der Waals surface area contributed by atoms with Crippen molar-refractivity contribution in [3.05, 3.63) is 24.2 Å². The van der Waals surface area contributed by atoms with Crippen LogP contribution >= 0.6 is 0 Å². The Balaban J connectivity index is 1.68. The molecule has 5 heteroatoms. The van der Waals surface area contributed by atoms with Gasteiger partial charge in [0.1, 0.15) is 5.76 Å². The van der Waals surface area contributed by atoms with Crippen molar-refractivity contribution in [1.29, 1.82) is 0 Å². The topological polar surface area (TPSA) is 74.5 Å². The first kappa shape index (κ1) is 13.0. The lowest BCUT2D eigenvalue weighted by atomic mass is 9.85. The number of amides is 2. The van der Waals surface area contributed by atoms with Crippen LogP contribution < -0.4 is 10.6 Å². The van der Waals surface area contributed by atoms with Crippen molar-refractivity contribution in [3.63, 3.8) is 0 Å². The van der Waals surface area contributed by atoms with Crippen LogP contribution in [0.5, 0.6) is 0 Å². The average molecular weight is 252 g/mol. The monoisotopic (exact) mass is 252 g/mol. The third-order valence-electron chi connectivity index (χ3n) is 3.37. The van der Waals surface area contributed by atoms with E-state index in [1.54, 1.807) is 18.4 Å². The number of hydrogen-bond donors (Lipinski definition) is 3. The Hall–Kier alpha value is -1.49. The summed E-state index contributed by atoms with van der Waals surface area (Å²) < 4.78 is 5.11. The van der Waals surface area contributed by atoms with Crippen LogP contribution in [0.25, 0.3) is 0 Å². The number of carbonyl (C=O) groups excluding carboxylic acids is 1. The Bertz CT molecular complexity index is 370. The number of aliphatic hydroxyl groups is 1. The van der Waals surface area contributed by atoms with Crippen LogP contribution in [0.15, 0.2) is 22.8 Å². The third kappa shape index (κ3) is 3.77. The predicted molar refractivity (Wildman–Crippen MR) is 67.0 cm³/mol. The lowest BCUT2D eigenvalue weighted by molar-refractivity contribution is 0.00718. The molecule has 0 saturated heterocycles. The maximum Gasteiger partial charge on any atom is 0.315 e. The average Bonchev–Trinajstić information content (AvgIpc) is 2.88. The van der Waals surface area contributed by atoms with Crippen molar-refractivity contribution < 1.29 is 14.3 Å². The van der Waals surface area contributed by atoms with Gasteiger partial charge in [0.2, 0.25) is 0 Å². The van der Waals surface area contributed by atoms with Gasteiger partial charge in [0, 0.05) is 6.54 Å². The number of rotatable bonds is 4. The fraction of sp³-hybridized carbons (Fsp3) is 0.615. The molecule has 0 spiro atoms. The SMILES string of the molecule is O=C(NCc1ccco1)NCC1(O)CCCCC1. The first-order chi connectivity index (χ1) is 8.68. The Morgan fingerprint density at radius 2 is 2.11 bits per heavy atom. The number of hydrogen-bond acceptors (Lipinski definition) is 3. The van der Waals surface area contributed by atoms with Crippen molar-refractivity contribution in [3.8, 4) is 0 Å². The lowest BCUT2D eigenvalue weighted by Crippen LogP contribution is -2.47. The zero-order valence-electron chi connectivity index (χ0n) is 10.4. The molecule has 1 aromatic rings. The summed E-state index contributed by atoms with van der Waals surface area (Å²) >= 11 is 0. The van der Waals surface area contributed by atoms with Crippen molar-refractivity contribution in [1.82, 2.24) is 10.6 Å². The van der Waals surface area contributed by atoms with Gasteiger partial charge in [-0.2, -0.15) is 0 Å². The van der Waals surface area contributed by atoms with Crippen molar-refractivity contribution >= 4 is 6.03 Å². The fourth-order valence-corrected chi connectivity index (χ4v) is 2.27. The van der Waals surface area contributed by atoms with E-state index >= 15 is 0 Å². The summed E-state index contributed by atoms with van der Waals surface area (Å²) in [6.45, 7) is 0.675. The fourth-order valence-electron chi connectivity index (χ4n) is 2.27. The van der Waals surface area contributed by atoms with E-state index < -0.39 is 5.60 Å². The molecule has 0 bridgehead atoms. The van der Waals surface area contributed by atoms with E-state index in [0.717, 1.165) is 25.7 Å². The maximum absolute atomic E-state index is 11.5. The van der Waals surface area contributed by atoms with E-state index in [0.29, 0.717) is 18.8 Å². The second kappa shape index (κ2) is 5.91. The highest BCUT2D eigenvalue weighted by molar-refractivity contribution is 5.73. The molecule has 1 saturated carbocycles. The van der Waals surface area contributed by atoms with Crippen molar-refractivity contribution in [2.24, 2.45) is 0 Å². The van der Waals surface area contributed by atoms with Crippen LogP contribution in [0.2, 0.25) is 0 Å². The van der Waals surface area contributed by atoms with Gasteiger partial charge in [-0.25, -0.2) is 4.79 Å². The van der Waals surface area contributed by atoms with Gasteiger partial charge in [0.05, 0.1) is 18.4 Å². The molecule has 0 atom stereocenters. The molecule has 100 valence electrons. The molecule has 1 heterocycles. The van der Waals surface area contributed by atoms with Gasteiger partial charge in [-0.05, 0) is 25.0 Å². The van der Waals surface area contributed by atoms with Crippen LogP contribution in [0.3, 0.4) is 0 Å². The summed E-state index contributed by atoms with van der Waals surface area (Å²) in [5.41, 5.74) is -0.722. The van der Waals surface area contributed by atoms with Crippen LogP contribution in [-0.4, -0.2) is 23.3 Å². The van der Waals surface area contributed by atoms with E-state index in [2.05, 4.69) is 10.6 Å². The number of nitrogens with one attached hydrogen (secondary N) is 2. The largest absolute Gasteiger partial charge is 0.467 e. The van der Waals surface area contributed by atoms with E-state index in [1.807, 2.05) is 0 Å². The standard InChI is InChI=1S/C13H20N2O3/c16-12(14-9-11-5-4-8-18-11)15-10-13(17)6-2-1-3-7-13/h4-5,8,17H,1-3,6-7,9-10H2,(H2,14,15,16). The molecule has 5 nitrogen and oxygen atoms in total. The Labute approximate surface area is 107 Å². The Kier molecular flexibility index (Phi) is 4.25. The highest BCUT2D eigenvalue weighted by atomic mass is 16.3. The predicted octanol–water partition coefficient (Wildman–Crippen LogP) is 1.77. The van der Waals surface area contributed by atoms with Gasteiger partial charge in [-0.1, -0.05) is 19.3 Å². The van der Waals surface area contributed by atoms with Gasteiger partial charge < -0.3 is 20.2 Å². The Morgan fingerprint density at radius 3 is 2.78 bits per heavy atom. The van der Waals surface area contributed by atoms with E-state index in [4.69, 9.17) is 4.42 Å². The van der Waals surface area contributed by atoms with Crippen LogP contribution in [0, 0.1) is 0 Å². The van der Waals surface area contributed by atoms with Gasteiger partial charge in [-0.15, -0.1) is 0 Å². The third-order valence-corrected chi connectivity index (χ3v) is 3.37. The number of carbonyl (C=O) groups is 1. The zero-order valence-corrected chi connectivity index (χ0v) is 10.4. The highest BCUT2D eigenvalue weighted by Crippen LogP contribution is 2.27. The molecule has 2 rings (SSSR count). The molecule has 0 radical (unpaired) electrons. The van der Waals surface area contributed by atoms with Crippen molar-refractivity contribution in [2.45, 2.75) is 44.2 Å². The van der Waals surface area contributed by atoms with Crippen molar-refractivity contribution in [2.75, 3.05) is 6.54 Å². The van der Waals surface area contributed by atoms with Gasteiger partial charge in [0.25, 0.3) is 0 Å². The quantitative estimate of drug-likeness (QED) is 0.764. The van der Waals surface area contributed by atoms with E-state index in [9.17, 15) is 9.90 Å². The summed E-state index contributed by atoms with van der Waals surface area (Å²) in [5, 5.41) is 15.6. The lowest BCUT2D eigenvalue weighted by Gasteiger charge is -2.32. The number of furan rings is 1. The molecule has 0 unspecified atom stereocenters. The summed E-state index contributed by atoms with van der Waals surface area (Å²) in [7, 11) is 0. The zero-order chi connectivity index (χ0) is 12.8. The minimum atomic E-state index is -0.722. The minimum Gasteiger partial charge on any atom is -0.467 e. The summed E-state index contributed by atoms with van der Waals surface area (Å²) in [6.07, 6.45) is 6.35. The van der Waals surface area contributed by atoms with Crippen LogP contribution in [-0.2, 0) is 6.54 Å². The summed E-state index contributed by atoms with van der Waals surface area (Å²) in [6, 6.07) is 3.31.